The van der Waals surface area contributed by atoms with Gasteiger partial charge in [0.2, 0.25) is 11.9 Å². The average molecular weight is 425 g/mol. The van der Waals surface area contributed by atoms with Crippen LogP contribution in [-0.2, 0) is 11.8 Å². The first-order valence-corrected chi connectivity index (χ1v) is 11.8. The average Bonchev–Trinajstić information content (AvgIpc) is 3.14. The molecular weight excluding hydrogens is 396 g/mol. The smallest absolute Gasteiger partial charge is 0.225 e. The standard InChI is InChI=1S/C22H28N6OS/c1-27-19-9-4-3-8-17(19)25-20(27)18(10-14-30-2)26-21(29)16-7-5-13-28(15-16)22-23-11-6-12-24-22/h3-4,6,8-9,11-12,16,18H,5,7,10,13-15H2,1-2H3,(H,26,29)/t16-,18-/m0/s1. The fourth-order valence-corrected chi connectivity index (χ4v) is 4.57. The number of hydrogen-bond donors (Lipinski definition) is 1. The van der Waals surface area contributed by atoms with Gasteiger partial charge in [-0.3, -0.25) is 4.79 Å². The van der Waals surface area contributed by atoms with E-state index >= 15 is 0 Å². The van der Waals surface area contributed by atoms with Crippen LogP contribution in [0.15, 0.2) is 42.7 Å². The van der Waals surface area contributed by atoms with Gasteiger partial charge in [0, 0.05) is 32.5 Å². The van der Waals surface area contributed by atoms with E-state index in [1.807, 2.05) is 31.3 Å². The molecule has 3 aromatic rings. The maximum absolute atomic E-state index is 13.2. The number of amides is 1. The molecule has 0 unspecified atom stereocenters. The maximum Gasteiger partial charge on any atom is 0.225 e. The van der Waals surface area contributed by atoms with Gasteiger partial charge in [0.05, 0.1) is 23.0 Å². The highest BCUT2D eigenvalue weighted by Gasteiger charge is 2.29. The lowest BCUT2D eigenvalue weighted by molar-refractivity contribution is -0.126. The lowest BCUT2D eigenvalue weighted by Crippen LogP contribution is -2.45. The van der Waals surface area contributed by atoms with Crippen LogP contribution < -0.4 is 10.2 Å². The fraction of sp³-hybridized carbons (Fsp3) is 0.455. The predicted octanol–water partition coefficient (Wildman–Crippen LogP) is 3.19. The molecule has 1 aliphatic heterocycles. The minimum atomic E-state index is -0.106. The molecule has 8 heteroatoms. The van der Waals surface area contributed by atoms with Crippen molar-refractivity contribution in [2.75, 3.05) is 30.0 Å². The van der Waals surface area contributed by atoms with Gasteiger partial charge in [-0.05, 0) is 49.5 Å². The summed E-state index contributed by atoms with van der Waals surface area (Å²) in [4.78, 5) is 28.9. The van der Waals surface area contributed by atoms with Crippen molar-refractivity contribution in [1.82, 2.24) is 24.8 Å². The van der Waals surface area contributed by atoms with Crippen LogP contribution in [0.2, 0.25) is 0 Å². The lowest BCUT2D eigenvalue weighted by Gasteiger charge is -2.32. The van der Waals surface area contributed by atoms with Crippen molar-refractivity contribution in [3.05, 3.63) is 48.5 Å². The molecule has 1 fully saturated rings. The van der Waals surface area contributed by atoms with Crippen molar-refractivity contribution in [3.8, 4) is 0 Å². The third-order valence-corrected chi connectivity index (χ3v) is 6.33. The van der Waals surface area contributed by atoms with E-state index in [2.05, 4.69) is 37.1 Å². The Morgan fingerprint density at radius 2 is 2.07 bits per heavy atom. The number of nitrogens with one attached hydrogen (secondary N) is 1. The number of rotatable bonds is 7. The van der Waals surface area contributed by atoms with Gasteiger partial charge in [-0.2, -0.15) is 11.8 Å². The van der Waals surface area contributed by atoms with E-state index < -0.39 is 0 Å². The first-order chi connectivity index (χ1) is 14.7. The van der Waals surface area contributed by atoms with E-state index in [4.69, 9.17) is 4.98 Å². The summed E-state index contributed by atoms with van der Waals surface area (Å²) in [7, 11) is 2.03. The van der Waals surface area contributed by atoms with Gasteiger partial charge in [0.15, 0.2) is 0 Å². The molecule has 4 rings (SSSR count). The number of thioether (sulfide) groups is 1. The zero-order valence-corrected chi connectivity index (χ0v) is 18.3. The van der Waals surface area contributed by atoms with Crippen LogP contribution in [0.25, 0.3) is 11.0 Å². The summed E-state index contributed by atoms with van der Waals surface area (Å²) in [6.07, 6.45) is 8.27. The van der Waals surface area contributed by atoms with Gasteiger partial charge in [0.1, 0.15) is 5.82 Å². The van der Waals surface area contributed by atoms with Crippen LogP contribution in [0, 0.1) is 5.92 Å². The van der Waals surface area contributed by atoms with Gasteiger partial charge < -0.3 is 14.8 Å². The summed E-state index contributed by atoms with van der Waals surface area (Å²) >= 11 is 1.78. The van der Waals surface area contributed by atoms with Gasteiger partial charge in [-0.1, -0.05) is 12.1 Å². The molecule has 2 aromatic heterocycles. The van der Waals surface area contributed by atoms with Crippen LogP contribution in [0.5, 0.6) is 0 Å². The van der Waals surface area contributed by atoms with Crippen LogP contribution in [-0.4, -0.2) is 50.5 Å². The van der Waals surface area contributed by atoms with Crippen molar-refractivity contribution in [2.24, 2.45) is 13.0 Å². The Balaban J connectivity index is 1.51. The Hall–Kier alpha value is -2.61. The minimum Gasteiger partial charge on any atom is -0.346 e. The SMILES string of the molecule is CSCC[C@H](NC(=O)[C@H]1CCCN(c2ncccn2)C1)c1nc2ccccc2n1C. The monoisotopic (exact) mass is 424 g/mol. The molecule has 1 N–H and O–H groups in total. The molecule has 0 bridgehead atoms. The summed E-state index contributed by atoms with van der Waals surface area (Å²) in [5.74, 6) is 2.59. The van der Waals surface area contributed by atoms with Crippen LogP contribution in [0.3, 0.4) is 0 Å². The van der Waals surface area contributed by atoms with Gasteiger partial charge in [-0.15, -0.1) is 0 Å². The van der Waals surface area contributed by atoms with Crippen LogP contribution in [0.4, 0.5) is 5.95 Å². The minimum absolute atomic E-state index is 0.0750. The molecule has 0 spiro atoms. The second kappa shape index (κ2) is 9.47. The highest BCUT2D eigenvalue weighted by Crippen LogP contribution is 2.25. The van der Waals surface area contributed by atoms with Crippen LogP contribution in [0.1, 0.15) is 31.1 Å². The molecular formula is C22H28N6OS. The first-order valence-electron chi connectivity index (χ1n) is 10.4. The Labute approximate surface area is 181 Å². The molecule has 0 saturated carbocycles. The zero-order chi connectivity index (χ0) is 20.9. The van der Waals surface area contributed by atoms with Gasteiger partial charge in [0.25, 0.3) is 0 Å². The molecule has 0 radical (unpaired) electrons. The summed E-state index contributed by atoms with van der Waals surface area (Å²) in [6, 6.07) is 9.81. The molecule has 1 amide bonds. The Bertz CT molecular complexity index is 992. The molecule has 0 aliphatic carbocycles. The van der Waals surface area contributed by atoms with E-state index in [1.54, 1.807) is 24.2 Å². The van der Waals surface area contributed by atoms with Crippen molar-refractivity contribution in [1.29, 1.82) is 0 Å². The van der Waals surface area contributed by atoms with Crippen LogP contribution >= 0.6 is 11.8 Å². The molecule has 3 heterocycles. The number of para-hydroxylation sites is 2. The number of aryl methyl sites for hydroxylation is 1. The molecule has 7 nitrogen and oxygen atoms in total. The number of nitrogens with zero attached hydrogens (tertiary/aromatic N) is 5. The Morgan fingerprint density at radius 1 is 1.27 bits per heavy atom. The summed E-state index contributed by atoms with van der Waals surface area (Å²) < 4.78 is 2.10. The second-order valence-electron chi connectivity index (χ2n) is 7.69. The third-order valence-electron chi connectivity index (χ3n) is 5.69. The highest BCUT2D eigenvalue weighted by molar-refractivity contribution is 7.98. The quantitative estimate of drug-likeness (QED) is 0.628. The predicted molar refractivity (Wildman–Crippen MR) is 122 cm³/mol. The van der Waals surface area contributed by atoms with E-state index in [-0.39, 0.29) is 17.9 Å². The number of benzene rings is 1. The number of hydrogen-bond acceptors (Lipinski definition) is 6. The van der Waals surface area contributed by atoms with E-state index in [0.29, 0.717) is 12.5 Å². The zero-order valence-electron chi connectivity index (χ0n) is 17.5. The summed E-state index contributed by atoms with van der Waals surface area (Å²) in [5, 5.41) is 3.31. The maximum atomic E-state index is 13.2. The number of fused-ring (bicyclic) bond motifs is 1. The molecule has 1 aromatic carbocycles. The first kappa shape index (κ1) is 20.7. The molecule has 1 saturated heterocycles. The topological polar surface area (TPSA) is 75.9 Å². The second-order valence-corrected chi connectivity index (χ2v) is 8.68. The van der Waals surface area contributed by atoms with Gasteiger partial charge >= 0.3 is 0 Å². The number of piperidine rings is 1. The Kier molecular flexibility index (Phi) is 6.52. The number of anilines is 1. The summed E-state index contributed by atoms with van der Waals surface area (Å²) in [5.41, 5.74) is 2.05. The number of carbonyl (C=O) groups is 1. The highest BCUT2D eigenvalue weighted by atomic mass is 32.2. The fourth-order valence-electron chi connectivity index (χ4n) is 4.09. The van der Waals surface area contributed by atoms with E-state index in [0.717, 1.165) is 48.4 Å². The number of imidazole rings is 1. The third kappa shape index (κ3) is 4.43. The largest absolute Gasteiger partial charge is 0.346 e. The molecule has 2 atom stereocenters. The van der Waals surface area contributed by atoms with Crippen molar-refractivity contribution in [3.63, 3.8) is 0 Å². The van der Waals surface area contributed by atoms with Crippen molar-refractivity contribution in [2.45, 2.75) is 25.3 Å². The Morgan fingerprint density at radius 3 is 2.83 bits per heavy atom. The molecule has 158 valence electrons. The van der Waals surface area contributed by atoms with Gasteiger partial charge in [-0.25, -0.2) is 15.0 Å². The lowest BCUT2D eigenvalue weighted by atomic mass is 9.96. The number of carbonyl (C=O) groups excluding carboxylic acids is 1. The number of aromatic nitrogens is 4. The van der Waals surface area contributed by atoms with Crippen molar-refractivity contribution >= 4 is 34.7 Å². The summed E-state index contributed by atoms with van der Waals surface area (Å²) in [6.45, 7) is 1.53. The van der Waals surface area contributed by atoms with Crippen molar-refractivity contribution < 1.29 is 4.79 Å². The molecule has 30 heavy (non-hydrogen) atoms. The van der Waals surface area contributed by atoms with E-state index in [1.165, 1.54) is 0 Å². The normalized spacial score (nSPS) is 17.8. The van der Waals surface area contributed by atoms with E-state index in [9.17, 15) is 4.79 Å². The molecule has 1 aliphatic rings.